The van der Waals surface area contributed by atoms with E-state index in [1.54, 1.807) is 0 Å². The summed E-state index contributed by atoms with van der Waals surface area (Å²) in [4.78, 5) is 5.18. The molecule has 1 aliphatic heterocycles. The Morgan fingerprint density at radius 3 is 2.57 bits per heavy atom. The van der Waals surface area contributed by atoms with Crippen LogP contribution in [-0.2, 0) is 0 Å². The van der Waals surface area contributed by atoms with E-state index in [1.807, 2.05) is 0 Å². The van der Waals surface area contributed by atoms with E-state index >= 15 is 0 Å². The summed E-state index contributed by atoms with van der Waals surface area (Å²) in [6.07, 6.45) is 5.07. The number of hydrogen-bond donors (Lipinski definition) is 5. The molecule has 0 spiro atoms. The molecule has 6 nitrogen and oxygen atoms in total. The summed E-state index contributed by atoms with van der Waals surface area (Å²) in [5, 5.41) is 7.00. The molecule has 0 bridgehead atoms. The number of hydrogen-bond acceptors (Lipinski definition) is 7. The average molecular weight is 347 g/mol. The Labute approximate surface area is 148 Å². The predicted octanol–water partition coefficient (Wildman–Crippen LogP) is -0.483. The maximum absolute atomic E-state index is 5.73. The first kappa shape index (κ1) is 21.2. The van der Waals surface area contributed by atoms with Gasteiger partial charge in [0.25, 0.3) is 0 Å². The van der Waals surface area contributed by atoms with Gasteiger partial charge >= 0.3 is 0 Å². The van der Waals surface area contributed by atoms with E-state index < -0.39 is 0 Å². The van der Waals surface area contributed by atoms with E-state index in [0.717, 1.165) is 84.0 Å². The van der Waals surface area contributed by atoms with E-state index in [9.17, 15) is 0 Å². The highest BCUT2D eigenvalue weighted by molar-refractivity contribution is 7.80. The molecule has 1 atom stereocenters. The van der Waals surface area contributed by atoms with E-state index in [2.05, 4.69) is 33.1 Å². The monoisotopic (exact) mass is 346 g/mol. The number of piperazine rings is 1. The molecule has 138 valence electrons. The Balaban J connectivity index is 2.34. The first-order valence-electron chi connectivity index (χ1n) is 9.24. The molecule has 7 heteroatoms. The number of nitrogens with zero attached hydrogens (tertiary/aromatic N) is 2. The second-order valence-corrected chi connectivity index (χ2v) is 6.67. The summed E-state index contributed by atoms with van der Waals surface area (Å²) in [5.41, 5.74) is 11.2. The lowest BCUT2D eigenvalue weighted by Gasteiger charge is -2.43. The van der Waals surface area contributed by atoms with E-state index in [4.69, 9.17) is 11.5 Å². The third-order valence-electron chi connectivity index (χ3n) is 4.39. The van der Waals surface area contributed by atoms with Crippen LogP contribution in [0.15, 0.2) is 0 Å². The van der Waals surface area contributed by atoms with E-state index in [-0.39, 0.29) is 0 Å². The smallest absolute Gasteiger partial charge is 0.0751 e. The number of unbranched alkanes of at least 4 members (excludes halogenated alkanes) is 1. The van der Waals surface area contributed by atoms with Crippen LogP contribution < -0.4 is 22.1 Å². The third kappa shape index (κ3) is 9.24. The van der Waals surface area contributed by atoms with Crippen molar-refractivity contribution in [3.05, 3.63) is 0 Å². The fourth-order valence-corrected chi connectivity index (χ4v) is 3.36. The van der Waals surface area contributed by atoms with Crippen LogP contribution in [0.4, 0.5) is 0 Å². The second-order valence-electron chi connectivity index (χ2n) is 6.22. The van der Waals surface area contributed by atoms with Crippen molar-refractivity contribution in [1.29, 1.82) is 0 Å². The first-order chi connectivity index (χ1) is 11.3. The van der Waals surface area contributed by atoms with Crippen molar-refractivity contribution in [2.45, 2.75) is 31.8 Å². The van der Waals surface area contributed by atoms with Gasteiger partial charge in [-0.1, -0.05) is 0 Å². The van der Waals surface area contributed by atoms with Gasteiger partial charge in [0, 0.05) is 38.5 Å². The molecule has 0 radical (unpaired) electrons. The summed E-state index contributed by atoms with van der Waals surface area (Å²) >= 11 is 4.42. The van der Waals surface area contributed by atoms with E-state index in [0.29, 0.717) is 6.17 Å². The Morgan fingerprint density at radius 1 is 1.09 bits per heavy atom. The normalized spacial score (nSPS) is 19.6. The zero-order valence-corrected chi connectivity index (χ0v) is 15.6. The van der Waals surface area contributed by atoms with E-state index in [1.165, 1.54) is 12.8 Å². The molecule has 0 aromatic rings. The van der Waals surface area contributed by atoms with Crippen LogP contribution in [0.5, 0.6) is 0 Å². The summed E-state index contributed by atoms with van der Waals surface area (Å²) in [5.74, 6) is 0.923. The number of rotatable bonds is 14. The van der Waals surface area contributed by atoms with Crippen molar-refractivity contribution >= 4 is 12.6 Å². The molecule has 1 unspecified atom stereocenters. The van der Waals surface area contributed by atoms with Gasteiger partial charge in [-0.25, -0.2) is 0 Å². The molecule has 23 heavy (non-hydrogen) atoms. The SMILES string of the molecule is NCCCNCCCCN(CCCN)C1CNCCN1CCS. The lowest BCUT2D eigenvalue weighted by atomic mass is 10.2. The van der Waals surface area contributed by atoms with Crippen LogP contribution in [0.25, 0.3) is 0 Å². The van der Waals surface area contributed by atoms with Gasteiger partial charge in [0.2, 0.25) is 0 Å². The molecular formula is C16H38N6S. The summed E-state index contributed by atoms with van der Waals surface area (Å²) in [6, 6.07) is 0. The van der Waals surface area contributed by atoms with Crippen LogP contribution in [0.2, 0.25) is 0 Å². The van der Waals surface area contributed by atoms with Crippen molar-refractivity contribution < 1.29 is 0 Å². The fraction of sp³-hybridized carbons (Fsp3) is 1.00. The summed E-state index contributed by atoms with van der Waals surface area (Å²) < 4.78 is 0. The minimum absolute atomic E-state index is 0.493. The molecule has 1 aliphatic rings. The predicted molar refractivity (Wildman–Crippen MR) is 103 cm³/mol. The Morgan fingerprint density at radius 2 is 1.83 bits per heavy atom. The maximum Gasteiger partial charge on any atom is 0.0751 e. The van der Waals surface area contributed by atoms with Gasteiger partial charge in [0.1, 0.15) is 0 Å². The topological polar surface area (TPSA) is 82.6 Å². The van der Waals surface area contributed by atoms with Crippen LogP contribution in [0, 0.1) is 0 Å². The van der Waals surface area contributed by atoms with Gasteiger partial charge in [0.15, 0.2) is 0 Å². The molecule has 1 rings (SSSR count). The van der Waals surface area contributed by atoms with Gasteiger partial charge < -0.3 is 22.1 Å². The first-order valence-corrected chi connectivity index (χ1v) is 9.87. The molecule has 1 heterocycles. The molecule has 0 amide bonds. The second kappa shape index (κ2) is 14.5. The van der Waals surface area contributed by atoms with Crippen molar-refractivity contribution in [3.8, 4) is 0 Å². The largest absolute Gasteiger partial charge is 0.330 e. The van der Waals surface area contributed by atoms with Crippen molar-refractivity contribution in [2.24, 2.45) is 11.5 Å². The molecule has 0 aromatic heterocycles. The number of nitrogens with one attached hydrogen (secondary N) is 2. The van der Waals surface area contributed by atoms with Crippen molar-refractivity contribution in [1.82, 2.24) is 20.4 Å². The fourth-order valence-electron chi connectivity index (χ4n) is 3.10. The Kier molecular flexibility index (Phi) is 13.3. The molecule has 1 saturated heterocycles. The zero-order valence-electron chi connectivity index (χ0n) is 14.7. The molecular weight excluding hydrogens is 308 g/mol. The zero-order chi connectivity index (χ0) is 16.8. The Hall–Kier alpha value is 0.110. The molecule has 6 N–H and O–H groups in total. The van der Waals surface area contributed by atoms with Crippen LogP contribution in [-0.4, -0.2) is 87.2 Å². The highest BCUT2D eigenvalue weighted by Gasteiger charge is 2.26. The van der Waals surface area contributed by atoms with Gasteiger partial charge in [-0.2, -0.15) is 12.6 Å². The summed E-state index contributed by atoms with van der Waals surface area (Å²) in [7, 11) is 0. The van der Waals surface area contributed by atoms with Gasteiger partial charge in [-0.15, -0.1) is 0 Å². The maximum atomic E-state index is 5.73. The van der Waals surface area contributed by atoms with Crippen LogP contribution in [0.3, 0.4) is 0 Å². The summed E-state index contributed by atoms with van der Waals surface area (Å²) in [6.45, 7) is 10.2. The molecule has 0 aliphatic carbocycles. The molecule has 0 saturated carbocycles. The molecule has 0 aromatic carbocycles. The quantitative estimate of drug-likeness (QED) is 0.216. The van der Waals surface area contributed by atoms with Gasteiger partial charge in [-0.3, -0.25) is 9.80 Å². The lowest BCUT2D eigenvalue weighted by molar-refractivity contribution is 0.0268. The Bertz CT molecular complexity index is 267. The minimum atomic E-state index is 0.493. The van der Waals surface area contributed by atoms with Crippen molar-refractivity contribution in [2.75, 3.05) is 71.2 Å². The van der Waals surface area contributed by atoms with Crippen molar-refractivity contribution in [3.63, 3.8) is 0 Å². The van der Waals surface area contributed by atoms with Gasteiger partial charge in [-0.05, 0) is 58.4 Å². The number of nitrogens with two attached hydrogens (primary N) is 2. The average Bonchev–Trinajstić information content (AvgIpc) is 2.58. The highest BCUT2D eigenvalue weighted by atomic mass is 32.1. The third-order valence-corrected chi connectivity index (χ3v) is 4.59. The highest BCUT2D eigenvalue weighted by Crippen LogP contribution is 2.11. The van der Waals surface area contributed by atoms with Crippen LogP contribution >= 0.6 is 12.6 Å². The number of thiol groups is 1. The van der Waals surface area contributed by atoms with Gasteiger partial charge in [0.05, 0.1) is 6.17 Å². The lowest BCUT2D eigenvalue weighted by Crippen LogP contribution is -2.60. The minimum Gasteiger partial charge on any atom is -0.330 e. The molecule has 1 fully saturated rings. The standard InChI is InChI=1S/C16H38N6S/c17-5-3-8-19-7-1-2-10-21(11-4-6-18)16-15-20-9-12-22(16)13-14-23/h16,19-20,23H,1-15,17-18H2. The van der Waals surface area contributed by atoms with Crippen LogP contribution in [0.1, 0.15) is 25.7 Å².